The summed E-state index contributed by atoms with van der Waals surface area (Å²) in [5.74, 6) is 2.15. The number of thioether (sulfide) groups is 1. The van der Waals surface area contributed by atoms with Gasteiger partial charge in [0.1, 0.15) is 0 Å². The zero-order valence-electron chi connectivity index (χ0n) is 11.1. The summed E-state index contributed by atoms with van der Waals surface area (Å²) >= 11 is 2.03. The van der Waals surface area contributed by atoms with E-state index in [1.807, 2.05) is 16.4 Å². The van der Waals surface area contributed by atoms with Gasteiger partial charge in [-0.05, 0) is 35.9 Å². The van der Waals surface area contributed by atoms with Gasteiger partial charge in [0.25, 0.3) is 0 Å². The van der Waals surface area contributed by atoms with Crippen molar-refractivity contribution in [1.82, 2.24) is 25.5 Å². The standard InChI is InChI=1S/C11H21N5OS/c1-11(4-3-7-18-11)9-16-10(13-14-15-16)8-12-5-6-17-2/h12H,3-9H2,1-2H3. The molecular formula is C11H21N5OS. The molecule has 1 aliphatic heterocycles. The Labute approximate surface area is 112 Å². The summed E-state index contributed by atoms with van der Waals surface area (Å²) in [6, 6.07) is 0. The molecule has 2 rings (SSSR count). The Hall–Kier alpha value is -0.660. The predicted molar refractivity (Wildman–Crippen MR) is 71.5 cm³/mol. The van der Waals surface area contributed by atoms with Gasteiger partial charge in [0, 0.05) is 18.4 Å². The lowest BCUT2D eigenvalue weighted by Crippen LogP contribution is -2.28. The summed E-state index contributed by atoms with van der Waals surface area (Å²) < 4.78 is 7.21. The highest BCUT2D eigenvalue weighted by Gasteiger charge is 2.31. The summed E-state index contributed by atoms with van der Waals surface area (Å²) in [5.41, 5.74) is 0. The maximum absolute atomic E-state index is 4.99. The van der Waals surface area contributed by atoms with E-state index < -0.39 is 0 Å². The minimum atomic E-state index is 0.288. The van der Waals surface area contributed by atoms with Crippen molar-refractivity contribution in [3.63, 3.8) is 0 Å². The largest absolute Gasteiger partial charge is 0.383 e. The van der Waals surface area contributed by atoms with E-state index in [1.165, 1.54) is 18.6 Å². The van der Waals surface area contributed by atoms with Crippen LogP contribution in [0.4, 0.5) is 0 Å². The second-order valence-corrected chi connectivity index (χ2v) is 6.51. The van der Waals surface area contributed by atoms with Crippen molar-refractivity contribution in [2.24, 2.45) is 0 Å². The van der Waals surface area contributed by atoms with Crippen LogP contribution in [0.3, 0.4) is 0 Å². The van der Waals surface area contributed by atoms with Gasteiger partial charge in [0.15, 0.2) is 5.82 Å². The molecule has 0 saturated carbocycles. The first-order valence-electron chi connectivity index (χ1n) is 6.32. The van der Waals surface area contributed by atoms with Gasteiger partial charge < -0.3 is 10.1 Å². The van der Waals surface area contributed by atoms with Gasteiger partial charge in [-0.15, -0.1) is 5.10 Å². The Bertz CT molecular complexity index is 364. The average Bonchev–Trinajstić information content (AvgIpc) is 2.95. The SMILES string of the molecule is COCCNCc1nnnn1CC1(C)CCCS1. The molecule has 1 aromatic heterocycles. The number of ether oxygens (including phenoxy) is 1. The number of nitrogens with zero attached hydrogens (tertiary/aromatic N) is 4. The Morgan fingerprint density at radius 1 is 1.56 bits per heavy atom. The molecule has 0 spiro atoms. The first kappa shape index (κ1) is 13.8. The third kappa shape index (κ3) is 3.66. The number of nitrogens with one attached hydrogen (secondary N) is 1. The van der Waals surface area contributed by atoms with Crippen LogP contribution in [0, 0.1) is 0 Å². The lowest BCUT2D eigenvalue weighted by molar-refractivity contribution is 0.198. The van der Waals surface area contributed by atoms with Crippen LogP contribution in [0.15, 0.2) is 0 Å². The predicted octanol–water partition coefficient (Wildman–Crippen LogP) is 0.695. The fourth-order valence-electron chi connectivity index (χ4n) is 2.13. The molecule has 1 aliphatic rings. The number of tetrazole rings is 1. The van der Waals surface area contributed by atoms with Gasteiger partial charge in [-0.3, -0.25) is 0 Å². The number of rotatable bonds is 7. The van der Waals surface area contributed by atoms with Gasteiger partial charge >= 0.3 is 0 Å². The minimum Gasteiger partial charge on any atom is -0.383 e. The molecule has 1 fully saturated rings. The van der Waals surface area contributed by atoms with Crippen LogP contribution >= 0.6 is 11.8 Å². The molecule has 0 aromatic carbocycles. The topological polar surface area (TPSA) is 64.9 Å². The van der Waals surface area contributed by atoms with E-state index in [4.69, 9.17) is 4.74 Å². The summed E-state index contributed by atoms with van der Waals surface area (Å²) in [6.45, 7) is 5.40. The van der Waals surface area contributed by atoms with E-state index in [2.05, 4.69) is 27.8 Å². The molecule has 2 heterocycles. The zero-order valence-corrected chi connectivity index (χ0v) is 11.9. The number of aromatic nitrogens is 4. The van der Waals surface area contributed by atoms with Crippen LogP contribution in [0.1, 0.15) is 25.6 Å². The van der Waals surface area contributed by atoms with E-state index in [-0.39, 0.29) is 4.75 Å². The normalized spacial score (nSPS) is 23.7. The van der Waals surface area contributed by atoms with Crippen molar-refractivity contribution in [3.8, 4) is 0 Å². The second kappa shape index (κ2) is 6.49. The quantitative estimate of drug-likeness (QED) is 0.736. The lowest BCUT2D eigenvalue weighted by Gasteiger charge is -2.22. The molecular weight excluding hydrogens is 250 g/mol. The Kier molecular flexibility index (Phi) is 4.96. The molecule has 0 radical (unpaired) electrons. The molecule has 18 heavy (non-hydrogen) atoms. The molecule has 102 valence electrons. The third-order valence-corrected chi connectivity index (χ3v) is 4.68. The zero-order chi connectivity index (χ0) is 12.8. The van der Waals surface area contributed by atoms with Gasteiger partial charge in [-0.1, -0.05) is 0 Å². The maximum atomic E-state index is 4.99. The second-order valence-electron chi connectivity index (χ2n) is 4.82. The summed E-state index contributed by atoms with van der Waals surface area (Å²) in [5, 5.41) is 15.2. The fraction of sp³-hybridized carbons (Fsp3) is 0.909. The summed E-state index contributed by atoms with van der Waals surface area (Å²) in [6.07, 6.45) is 2.54. The number of methoxy groups -OCH3 is 1. The van der Waals surface area contributed by atoms with Crippen LogP contribution in [0.5, 0.6) is 0 Å². The Morgan fingerprint density at radius 3 is 3.17 bits per heavy atom. The van der Waals surface area contributed by atoms with Crippen molar-refractivity contribution < 1.29 is 4.74 Å². The number of hydrogen-bond acceptors (Lipinski definition) is 6. The van der Waals surface area contributed by atoms with E-state index in [0.717, 1.165) is 18.9 Å². The maximum Gasteiger partial charge on any atom is 0.165 e. The lowest BCUT2D eigenvalue weighted by atomic mass is 10.1. The highest BCUT2D eigenvalue weighted by atomic mass is 32.2. The molecule has 0 aliphatic carbocycles. The van der Waals surface area contributed by atoms with Gasteiger partial charge in [0.05, 0.1) is 19.7 Å². The van der Waals surface area contributed by atoms with Crippen molar-refractivity contribution in [2.45, 2.75) is 37.6 Å². The van der Waals surface area contributed by atoms with Crippen molar-refractivity contribution in [1.29, 1.82) is 0 Å². The Balaban J connectivity index is 1.87. The van der Waals surface area contributed by atoms with Crippen molar-refractivity contribution >= 4 is 11.8 Å². The number of hydrogen-bond donors (Lipinski definition) is 1. The van der Waals surface area contributed by atoms with Crippen molar-refractivity contribution in [3.05, 3.63) is 5.82 Å². The van der Waals surface area contributed by atoms with Crippen LogP contribution in [0.2, 0.25) is 0 Å². The van der Waals surface area contributed by atoms with E-state index >= 15 is 0 Å². The van der Waals surface area contributed by atoms with E-state index in [0.29, 0.717) is 13.2 Å². The third-order valence-electron chi connectivity index (χ3n) is 3.16. The molecule has 1 aromatic rings. The molecule has 1 saturated heterocycles. The van der Waals surface area contributed by atoms with Gasteiger partial charge in [0.2, 0.25) is 0 Å². The van der Waals surface area contributed by atoms with Crippen LogP contribution in [-0.4, -0.2) is 51.0 Å². The fourth-order valence-corrected chi connectivity index (χ4v) is 3.41. The molecule has 1 atom stereocenters. The van der Waals surface area contributed by atoms with Crippen LogP contribution in [-0.2, 0) is 17.8 Å². The molecule has 6 nitrogen and oxygen atoms in total. The first-order chi connectivity index (χ1) is 8.73. The molecule has 7 heteroatoms. The summed E-state index contributed by atoms with van der Waals surface area (Å²) in [4.78, 5) is 0. The van der Waals surface area contributed by atoms with Crippen molar-refractivity contribution in [2.75, 3.05) is 26.0 Å². The molecule has 0 amide bonds. The Morgan fingerprint density at radius 2 is 2.44 bits per heavy atom. The highest BCUT2D eigenvalue weighted by molar-refractivity contribution is 8.00. The average molecular weight is 271 g/mol. The molecule has 1 N–H and O–H groups in total. The molecule has 1 unspecified atom stereocenters. The smallest absolute Gasteiger partial charge is 0.165 e. The summed E-state index contributed by atoms with van der Waals surface area (Å²) in [7, 11) is 1.70. The van der Waals surface area contributed by atoms with Crippen LogP contribution < -0.4 is 5.32 Å². The first-order valence-corrected chi connectivity index (χ1v) is 7.31. The highest BCUT2D eigenvalue weighted by Crippen LogP contribution is 2.38. The minimum absolute atomic E-state index is 0.288. The molecule has 0 bridgehead atoms. The van der Waals surface area contributed by atoms with Gasteiger partial charge in [-0.2, -0.15) is 11.8 Å². The van der Waals surface area contributed by atoms with Crippen LogP contribution in [0.25, 0.3) is 0 Å². The van der Waals surface area contributed by atoms with E-state index in [9.17, 15) is 0 Å². The monoisotopic (exact) mass is 271 g/mol. The van der Waals surface area contributed by atoms with Gasteiger partial charge in [-0.25, -0.2) is 4.68 Å². The van der Waals surface area contributed by atoms with E-state index in [1.54, 1.807) is 7.11 Å².